The van der Waals surface area contributed by atoms with Crippen LogP contribution in [-0.4, -0.2) is 25.3 Å². The summed E-state index contributed by atoms with van der Waals surface area (Å²) in [7, 11) is 0. The van der Waals surface area contributed by atoms with Crippen molar-refractivity contribution >= 4 is 0 Å². The summed E-state index contributed by atoms with van der Waals surface area (Å²) in [6.07, 6.45) is 6.99. The molecule has 1 aromatic rings. The van der Waals surface area contributed by atoms with Crippen LogP contribution in [0, 0.1) is 12.7 Å². The molecule has 1 heterocycles. The van der Waals surface area contributed by atoms with Crippen LogP contribution in [0.2, 0.25) is 0 Å². The quantitative estimate of drug-likeness (QED) is 0.820. The van der Waals surface area contributed by atoms with E-state index < -0.39 is 0 Å². The smallest absolute Gasteiger partial charge is 0.123 e. The number of rotatable bonds is 7. The molecule has 0 aliphatic carbocycles. The van der Waals surface area contributed by atoms with E-state index in [1.165, 1.54) is 24.5 Å². The molecule has 1 aliphatic heterocycles. The standard InChI is InChI=1S/C18H28FNO/c1-3-9-20-17(13-18-6-4-5-10-21-18)12-15-11-16(19)8-7-14(15)2/h7-8,11,17-18,20H,3-6,9-10,12-13H2,1-2H3. The maximum Gasteiger partial charge on any atom is 0.123 e. The van der Waals surface area contributed by atoms with E-state index in [1.807, 2.05) is 6.07 Å². The van der Waals surface area contributed by atoms with Gasteiger partial charge in [-0.15, -0.1) is 0 Å². The zero-order valence-electron chi connectivity index (χ0n) is 13.3. The number of ether oxygens (including phenoxy) is 1. The summed E-state index contributed by atoms with van der Waals surface area (Å²) < 4.78 is 19.3. The Hall–Kier alpha value is -0.930. The normalized spacial score (nSPS) is 20.4. The second-order valence-corrected chi connectivity index (χ2v) is 6.15. The van der Waals surface area contributed by atoms with E-state index in [0.29, 0.717) is 12.1 Å². The van der Waals surface area contributed by atoms with Gasteiger partial charge < -0.3 is 10.1 Å². The van der Waals surface area contributed by atoms with Gasteiger partial charge in [-0.05, 0) is 75.3 Å². The van der Waals surface area contributed by atoms with Crippen molar-refractivity contribution in [2.75, 3.05) is 13.2 Å². The first-order valence-electron chi connectivity index (χ1n) is 8.29. The molecule has 0 saturated carbocycles. The number of nitrogens with one attached hydrogen (secondary N) is 1. The third kappa shape index (κ3) is 5.40. The van der Waals surface area contributed by atoms with Crippen molar-refractivity contribution in [2.24, 2.45) is 0 Å². The average molecular weight is 293 g/mol. The maximum atomic E-state index is 13.5. The van der Waals surface area contributed by atoms with Crippen LogP contribution in [0.1, 0.15) is 50.2 Å². The molecule has 1 aromatic carbocycles. The topological polar surface area (TPSA) is 21.3 Å². The molecule has 0 spiro atoms. The monoisotopic (exact) mass is 293 g/mol. The zero-order valence-corrected chi connectivity index (χ0v) is 13.3. The summed E-state index contributed by atoms with van der Waals surface area (Å²) >= 11 is 0. The van der Waals surface area contributed by atoms with Crippen molar-refractivity contribution in [3.05, 3.63) is 35.1 Å². The van der Waals surface area contributed by atoms with Crippen molar-refractivity contribution in [3.63, 3.8) is 0 Å². The highest BCUT2D eigenvalue weighted by molar-refractivity contribution is 5.27. The number of hydrogen-bond acceptors (Lipinski definition) is 2. The minimum Gasteiger partial charge on any atom is -0.378 e. The van der Waals surface area contributed by atoms with Gasteiger partial charge in [0.25, 0.3) is 0 Å². The highest BCUT2D eigenvalue weighted by Gasteiger charge is 2.20. The van der Waals surface area contributed by atoms with Crippen molar-refractivity contribution in [1.29, 1.82) is 0 Å². The second kappa shape index (κ2) is 8.50. The number of benzene rings is 1. The van der Waals surface area contributed by atoms with Crippen LogP contribution in [-0.2, 0) is 11.2 Å². The van der Waals surface area contributed by atoms with Gasteiger partial charge in [-0.25, -0.2) is 4.39 Å². The fourth-order valence-electron chi connectivity index (χ4n) is 3.02. The molecule has 0 amide bonds. The first kappa shape index (κ1) is 16.4. The fourth-order valence-corrected chi connectivity index (χ4v) is 3.02. The highest BCUT2D eigenvalue weighted by atomic mass is 19.1. The predicted molar refractivity (Wildman–Crippen MR) is 85.1 cm³/mol. The van der Waals surface area contributed by atoms with Gasteiger partial charge in [-0.1, -0.05) is 13.0 Å². The number of hydrogen-bond donors (Lipinski definition) is 1. The van der Waals surface area contributed by atoms with E-state index in [4.69, 9.17) is 4.74 Å². The summed E-state index contributed by atoms with van der Waals surface area (Å²) in [5.74, 6) is -0.140. The van der Waals surface area contributed by atoms with E-state index in [0.717, 1.165) is 44.4 Å². The molecule has 1 saturated heterocycles. The molecule has 2 nitrogen and oxygen atoms in total. The number of halogens is 1. The van der Waals surface area contributed by atoms with Crippen molar-refractivity contribution < 1.29 is 9.13 Å². The van der Waals surface area contributed by atoms with E-state index in [1.54, 1.807) is 6.07 Å². The molecule has 3 heteroatoms. The molecule has 2 rings (SSSR count). The van der Waals surface area contributed by atoms with Crippen molar-refractivity contribution in [1.82, 2.24) is 5.32 Å². The molecule has 1 N–H and O–H groups in total. The molecule has 2 unspecified atom stereocenters. The minimum absolute atomic E-state index is 0.140. The van der Waals surface area contributed by atoms with E-state index in [2.05, 4.69) is 19.2 Å². The Morgan fingerprint density at radius 2 is 2.24 bits per heavy atom. The van der Waals surface area contributed by atoms with Crippen LogP contribution in [0.15, 0.2) is 18.2 Å². The van der Waals surface area contributed by atoms with Gasteiger partial charge in [-0.2, -0.15) is 0 Å². The maximum absolute atomic E-state index is 13.5. The van der Waals surface area contributed by atoms with E-state index in [-0.39, 0.29) is 5.82 Å². The van der Waals surface area contributed by atoms with Gasteiger partial charge in [0.15, 0.2) is 0 Å². The van der Waals surface area contributed by atoms with Crippen LogP contribution in [0.3, 0.4) is 0 Å². The zero-order chi connectivity index (χ0) is 15.1. The lowest BCUT2D eigenvalue weighted by Gasteiger charge is -2.28. The van der Waals surface area contributed by atoms with E-state index >= 15 is 0 Å². The van der Waals surface area contributed by atoms with Gasteiger partial charge in [0.1, 0.15) is 5.82 Å². The lowest BCUT2D eigenvalue weighted by atomic mass is 9.94. The molecular weight excluding hydrogens is 265 g/mol. The van der Waals surface area contributed by atoms with Gasteiger partial charge in [-0.3, -0.25) is 0 Å². The minimum atomic E-state index is -0.140. The molecule has 2 atom stereocenters. The molecule has 1 aliphatic rings. The lowest BCUT2D eigenvalue weighted by Crippen LogP contribution is -2.37. The molecule has 1 fully saturated rings. The molecule has 0 aromatic heterocycles. The molecule has 21 heavy (non-hydrogen) atoms. The van der Waals surface area contributed by atoms with Crippen LogP contribution in [0.4, 0.5) is 4.39 Å². The van der Waals surface area contributed by atoms with Crippen LogP contribution < -0.4 is 5.32 Å². The first-order valence-corrected chi connectivity index (χ1v) is 8.29. The Labute approximate surface area is 128 Å². The summed E-state index contributed by atoms with van der Waals surface area (Å²) in [5, 5.41) is 3.61. The van der Waals surface area contributed by atoms with E-state index in [9.17, 15) is 4.39 Å². The second-order valence-electron chi connectivity index (χ2n) is 6.15. The van der Waals surface area contributed by atoms with Crippen molar-refractivity contribution in [2.45, 2.75) is 64.5 Å². The highest BCUT2D eigenvalue weighted by Crippen LogP contribution is 2.20. The van der Waals surface area contributed by atoms with Gasteiger partial charge >= 0.3 is 0 Å². The molecular formula is C18H28FNO. The summed E-state index contributed by atoms with van der Waals surface area (Å²) in [6.45, 7) is 6.13. The molecule has 0 bridgehead atoms. The number of aryl methyl sites for hydroxylation is 1. The first-order chi connectivity index (χ1) is 10.2. The lowest BCUT2D eigenvalue weighted by molar-refractivity contribution is 0.00525. The molecule has 0 radical (unpaired) electrons. The SMILES string of the molecule is CCCNC(Cc1cc(F)ccc1C)CC1CCCCO1. The fraction of sp³-hybridized carbons (Fsp3) is 0.667. The summed E-state index contributed by atoms with van der Waals surface area (Å²) in [5.41, 5.74) is 2.28. The predicted octanol–water partition coefficient (Wildman–Crippen LogP) is 4.00. The average Bonchev–Trinajstić information content (AvgIpc) is 2.49. The largest absolute Gasteiger partial charge is 0.378 e. The third-order valence-corrected chi connectivity index (χ3v) is 4.28. The summed E-state index contributed by atoms with van der Waals surface area (Å²) in [4.78, 5) is 0. The van der Waals surface area contributed by atoms with Gasteiger partial charge in [0.05, 0.1) is 6.10 Å². The molecule has 118 valence electrons. The van der Waals surface area contributed by atoms with Crippen LogP contribution in [0.5, 0.6) is 0 Å². The Balaban J connectivity index is 1.98. The van der Waals surface area contributed by atoms with Crippen LogP contribution in [0.25, 0.3) is 0 Å². The third-order valence-electron chi connectivity index (χ3n) is 4.28. The van der Waals surface area contributed by atoms with Gasteiger partial charge in [0, 0.05) is 12.6 Å². The van der Waals surface area contributed by atoms with Crippen molar-refractivity contribution in [3.8, 4) is 0 Å². The Morgan fingerprint density at radius 3 is 2.95 bits per heavy atom. The Kier molecular flexibility index (Phi) is 6.65. The van der Waals surface area contributed by atoms with Gasteiger partial charge in [0.2, 0.25) is 0 Å². The Morgan fingerprint density at radius 1 is 1.38 bits per heavy atom. The Bertz CT molecular complexity index is 429. The summed E-state index contributed by atoms with van der Waals surface area (Å²) in [6, 6.07) is 5.46. The van der Waals surface area contributed by atoms with Crippen LogP contribution >= 0.6 is 0 Å².